The van der Waals surface area contributed by atoms with Gasteiger partial charge in [-0.2, -0.15) is 18.2 Å². The summed E-state index contributed by atoms with van der Waals surface area (Å²) < 4.78 is 39.3. The standard InChI is InChI=1S/C19H15F3N6O5/c1-9(29)24-18-26-14-13(15(30)27-18)25-11(8-23-14)6-7-28(17(33)19(20,21)22)12-4-2-10(3-5-12)16(31)32/h2-5,8H,6-7H2,1H3,(H,31,32)(H2,23,24,26,27,29,30). The number of hydrogen-bond donors (Lipinski definition) is 3. The van der Waals surface area contributed by atoms with Crippen LogP contribution in [0.25, 0.3) is 11.2 Å². The number of alkyl halides is 3. The third kappa shape index (κ3) is 5.47. The number of nitrogens with one attached hydrogen (secondary N) is 2. The number of aromatic nitrogens is 4. The van der Waals surface area contributed by atoms with E-state index >= 15 is 0 Å². The smallest absolute Gasteiger partial charge is 0.471 e. The summed E-state index contributed by atoms with van der Waals surface area (Å²) in [4.78, 5) is 60.9. The first-order chi connectivity index (χ1) is 15.5. The molecule has 0 aliphatic heterocycles. The van der Waals surface area contributed by atoms with Crippen LogP contribution in [-0.2, 0) is 16.0 Å². The molecule has 0 spiro atoms. The van der Waals surface area contributed by atoms with Gasteiger partial charge in [0.15, 0.2) is 11.2 Å². The Kier molecular flexibility index (Phi) is 6.37. The van der Waals surface area contributed by atoms with E-state index in [2.05, 4.69) is 25.3 Å². The largest absolute Gasteiger partial charge is 0.478 e. The molecule has 33 heavy (non-hydrogen) atoms. The van der Waals surface area contributed by atoms with Crippen molar-refractivity contribution in [2.24, 2.45) is 0 Å². The molecule has 2 aromatic heterocycles. The summed E-state index contributed by atoms with van der Waals surface area (Å²) in [6, 6.07) is 4.30. The molecule has 0 saturated heterocycles. The number of carbonyl (C=O) groups excluding carboxylic acids is 2. The Balaban J connectivity index is 1.88. The first-order valence-electron chi connectivity index (χ1n) is 9.21. The average Bonchev–Trinajstić information content (AvgIpc) is 2.73. The van der Waals surface area contributed by atoms with Gasteiger partial charge in [0.2, 0.25) is 11.9 Å². The average molecular weight is 464 g/mol. The number of hydrogen-bond acceptors (Lipinski definition) is 7. The van der Waals surface area contributed by atoms with E-state index in [1.807, 2.05) is 0 Å². The third-order valence-corrected chi connectivity index (χ3v) is 4.27. The lowest BCUT2D eigenvalue weighted by Gasteiger charge is -2.24. The molecule has 3 N–H and O–H groups in total. The van der Waals surface area contributed by atoms with Crippen molar-refractivity contribution in [2.75, 3.05) is 16.8 Å². The molecular weight excluding hydrogens is 449 g/mol. The van der Waals surface area contributed by atoms with Crippen molar-refractivity contribution in [3.63, 3.8) is 0 Å². The van der Waals surface area contributed by atoms with Gasteiger partial charge < -0.3 is 10.0 Å². The number of aromatic carboxylic acids is 1. The molecule has 0 fully saturated rings. The van der Waals surface area contributed by atoms with Gasteiger partial charge in [0.05, 0.1) is 17.5 Å². The molecule has 0 aliphatic carbocycles. The van der Waals surface area contributed by atoms with Crippen molar-refractivity contribution in [1.29, 1.82) is 0 Å². The maximum absolute atomic E-state index is 13.1. The topological polar surface area (TPSA) is 158 Å². The molecule has 0 aliphatic rings. The second-order valence-corrected chi connectivity index (χ2v) is 6.69. The molecule has 2 heterocycles. The van der Waals surface area contributed by atoms with Crippen LogP contribution in [-0.4, -0.2) is 55.5 Å². The zero-order chi connectivity index (χ0) is 24.3. The quantitative estimate of drug-likeness (QED) is 0.495. The summed E-state index contributed by atoms with van der Waals surface area (Å²) in [6.07, 6.45) is -4.21. The number of benzene rings is 1. The van der Waals surface area contributed by atoms with Gasteiger partial charge in [0.25, 0.3) is 5.56 Å². The van der Waals surface area contributed by atoms with E-state index < -0.39 is 36.1 Å². The highest BCUT2D eigenvalue weighted by Gasteiger charge is 2.43. The van der Waals surface area contributed by atoms with Crippen molar-refractivity contribution < 1.29 is 32.7 Å². The minimum atomic E-state index is -5.18. The number of nitrogens with zero attached hydrogens (tertiary/aromatic N) is 4. The van der Waals surface area contributed by atoms with E-state index in [9.17, 15) is 32.3 Å². The Bertz CT molecular complexity index is 1290. The fourth-order valence-corrected chi connectivity index (χ4v) is 2.81. The van der Waals surface area contributed by atoms with Crippen LogP contribution in [0.2, 0.25) is 0 Å². The molecule has 0 unspecified atom stereocenters. The molecule has 2 amide bonds. The molecule has 0 saturated carbocycles. The summed E-state index contributed by atoms with van der Waals surface area (Å²) in [5.41, 5.74) is -1.27. The van der Waals surface area contributed by atoms with Gasteiger partial charge in [-0.3, -0.25) is 24.7 Å². The Morgan fingerprint density at radius 1 is 1.15 bits per heavy atom. The third-order valence-electron chi connectivity index (χ3n) is 4.27. The maximum atomic E-state index is 13.1. The van der Waals surface area contributed by atoms with E-state index in [0.29, 0.717) is 4.90 Å². The molecule has 0 atom stereocenters. The number of amides is 2. The molecule has 1 aromatic carbocycles. The van der Waals surface area contributed by atoms with Crippen LogP contribution in [0.3, 0.4) is 0 Å². The number of H-pyrrole nitrogens is 1. The zero-order valence-electron chi connectivity index (χ0n) is 16.8. The molecule has 0 radical (unpaired) electrons. The van der Waals surface area contributed by atoms with Crippen molar-refractivity contribution in [3.8, 4) is 0 Å². The van der Waals surface area contributed by atoms with Gasteiger partial charge >= 0.3 is 18.1 Å². The Morgan fingerprint density at radius 3 is 2.39 bits per heavy atom. The van der Waals surface area contributed by atoms with E-state index in [-0.39, 0.29) is 40.5 Å². The molecular formula is C19H15F3N6O5. The van der Waals surface area contributed by atoms with Gasteiger partial charge in [-0.1, -0.05) is 0 Å². The molecule has 3 rings (SSSR count). The van der Waals surface area contributed by atoms with E-state index in [1.165, 1.54) is 13.1 Å². The van der Waals surface area contributed by atoms with Gasteiger partial charge in [-0.05, 0) is 24.3 Å². The number of fused-ring (bicyclic) bond motifs is 1. The molecule has 11 nitrogen and oxygen atoms in total. The van der Waals surface area contributed by atoms with Crippen LogP contribution in [0.15, 0.2) is 35.3 Å². The lowest BCUT2D eigenvalue weighted by atomic mass is 10.2. The van der Waals surface area contributed by atoms with Crippen molar-refractivity contribution in [2.45, 2.75) is 19.5 Å². The normalized spacial score (nSPS) is 11.3. The van der Waals surface area contributed by atoms with Crippen LogP contribution in [0, 0.1) is 0 Å². The van der Waals surface area contributed by atoms with Gasteiger partial charge in [0, 0.05) is 25.6 Å². The number of carboxylic acid groups (broad SMARTS) is 1. The molecule has 0 bridgehead atoms. The Morgan fingerprint density at radius 2 is 1.82 bits per heavy atom. The van der Waals surface area contributed by atoms with Gasteiger partial charge in [0.1, 0.15) is 0 Å². The van der Waals surface area contributed by atoms with Crippen LogP contribution in [0.1, 0.15) is 23.0 Å². The van der Waals surface area contributed by atoms with Crippen LogP contribution < -0.4 is 15.8 Å². The summed E-state index contributed by atoms with van der Waals surface area (Å²) in [5.74, 6) is -4.05. The Hall–Kier alpha value is -4.36. The van der Waals surface area contributed by atoms with Crippen molar-refractivity contribution in [1.82, 2.24) is 19.9 Å². The summed E-state index contributed by atoms with van der Waals surface area (Å²) in [6.45, 7) is 0.725. The second-order valence-electron chi connectivity index (χ2n) is 6.69. The highest BCUT2D eigenvalue weighted by molar-refractivity contribution is 5.98. The monoisotopic (exact) mass is 464 g/mol. The number of carboxylic acids is 1. The van der Waals surface area contributed by atoms with E-state index in [0.717, 1.165) is 24.3 Å². The van der Waals surface area contributed by atoms with E-state index in [1.54, 1.807) is 0 Å². The van der Waals surface area contributed by atoms with Gasteiger partial charge in [-0.15, -0.1) is 0 Å². The second kappa shape index (κ2) is 9.02. The highest BCUT2D eigenvalue weighted by atomic mass is 19.4. The molecule has 3 aromatic rings. The predicted octanol–water partition coefficient (Wildman–Crippen LogP) is 1.51. The fraction of sp³-hybridized carbons (Fsp3) is 0.211. The lowest BCUT2D eigenvalue weighted by molar-refractivity contribution is -0.170. The SMILES string of the molecule is CC(=O)Nc1nc2ncc(CCN(C(=O)C(F)(F)F)c3ccc(C(=O)O)cc3)nc2c(=O)[nH]1. The number of aromatic amines is 1. The number of anilines is 2. The summed E-state index contributed by atoms with van der Waals surface area (Å²) >= 11 is 0. The first kappa shape index (κ1) is 23.3. The maximum Gasteiger partial charge on any atom is 0.471 e. The molecule has 172 valence electrons. The number of rotatable bonds is 6. The van der Waals surface area contributed by atoms with Crippen LogP contribution >= 0.6 is 0 Å². The van der Waals surface area contributed by atoms with Crippen LogP contribution in [0.5, 0.6) is 0 Å². The first-order valence-corrected chi connectivity index (χ1v) is 9.21. The number of halogens is 3. The predicted molar refractivity (Wildman–Crippen MR) is 108 cm³/mol. The van der Waals surface area contributed by atoms with Crippen molar-refractivity contribution in [3.05, 3.63) is 52.1 Å². The molecule has 14 heteroatoms. The van der Waals surface area contributed by atoms with Crippen molar-refractivity contribution >= 4 is 40.6 Å². The Labute approximate surface area is 182 Å². The van der Waals surface area contributed by atoms with E-state index in [4.69, 9.17) is 5.11 Å². The minimum Gasteiger partial charge on any atom is -0.478 e. The highest BCUT2D eigenvalue weighted by Crippen LogP contribution is 2.24. The number of carbonyl (C=O) groups is 3. The van der Waals surface area contributed by atoms with Gasteiger partial charge in [-0.25, -0.2) is 14.8 Å². The lowest BCUT2D eigenvalue weighted by Crippen LogP contribution is -2.42. The fourth-order valence-electron chi connectivity index (χ4n) is 2.81. The summed E-state index contributed by atoms with van der Waals surface area (Å²) in [7, 11) is 0. The minimum absolute atomic E-state index is 0.0984. The van der Waals surface area contributed by atoms with Crippen LogP contribution in [0.4, 0.5) is 24.8 Å². The summed E-state index contributed by atoms with van der Waals surface area (Å²) in [5, 5.41) is 11.2. The zero-order valence-corrected chi connectivity index (χ0v) is 16.8.